The molecule has 2 aromatic heterocycles. The van der Waals surface area contributed by atoms with Crippen LogP contribution in [0.15, 0.2) is 65.1 Å². The molecule has 1 aliphatic carbocycles. The fraction of sp³-hybridized carbons (Fsp3) is 0.320. The lowest BCUT2D eigenvalue weighted by atomic mass is 9.88. The van der Waals surface area contributed by atoms with Gasteiger partial charge in [-0.15, -0.1) is 23.1 Å². The molecule has 5 N–H and O–H groups in total. The largest absolute Gasteiger partial charge is 0.412 e. The fourth-order valence-electron chi connectivity index (χ4n) is 3.79. The number of thioether (sulfide) groups is 1. The number of anilines is 1. The first-order valence-electron chi connectivity index (χ1n) is 10.8. The maximum absolute atomic E-state index is 12.2. The lowest BCUT2D eigenvalue weighted by molar-refractivity contribution is -0.111. The summed E-state index contributed by atoms with van der Waals surface area (Å²) in [4.78, 5) is 22.1. The van der Waals surface area contributed by atoms with Gasteiger partial charge in [0, 0.05) is 34.3 Å². The molecule has 2 heterocycles. The molecule has 0 saturated heterocycles. The molecule has 0 bridgehead atoms. The Bertz CT molecular complexity index is 1000. The molecule has 0 radical (unpaired) electrons. The van der Waals surface area contributed by atoms with Crippen molar-refractivity contribution in [2.75, 3.05) is 11.1 Å². The molecule has 0 unspecified atom stereocenters. The predicted molar refractivity (Wildman–Crippen MR) is 139 cm³/mol. The number of hydrogen-bond acceptors (Lipinski definition) is 5. The second-order valence-corrected chi connectivity index (χ2v) is 9.84. The lowest BCUT2D eigenvalue weighted by Crippen LogP contribution is -2.07. The van der Waals surface area contributed by atoms with Crippen LogP contribution in [0.25, 0.3) is 17.3 Å². The Morgan fingerprint density at radius 1 is 1.12 bits per heavy atom. The van der Waals surface area contributed by atoms with Crippen molar-refractivity contribution in [3.63, 3.8) is 0 Å². The standard InChI is InChI=1S/C25H27N3OS2.2H2O/c29-24(28-25-27-23(18-31-25)21-7-4-15-26-17-21)13-10-20-8-11-22(12-9-20)30-16-14-19-5-2-1-3-6-19;;/h4,7-13,15,17-19H,1-3,5-6,14,16H2,(H,27,28,29);2*1H2/b13-10+;;. The lowest BCUT2D eigenvalue weighted by Gasteiger charge is -2.21. The van der Waals surface area contributed by atoms with Crippen molar-refractivity contribution in [3.05, 3.63) is 65.8 Å². The van der Waals surface area contributed by atoms with Crippen LogP contribution in [0.2, 0.25) is 0 Å². The van der Waals surface area contributed by atoms with Crippen LogP contribution in [-0.2, 0) is 4.79 Å². The monoisotopic (exact) mass is 485 g/mol. The molecular weight excluding hydrogens is 454 g/mol. The van der Waals surface area contributed by atoms with E-state index in [0.717, 1.165) is 22.7 Å². The number of pyridine rings is 1. The normalized spacial score (nSPS) is 13.8. The van der Waals surface area contributed by atoms with Gasteiger partial charge in [0.15, 0.2) is 5.13 Å². The fourth-order valence-corrected chi connectivity index (χ4v) is 5.53. The van der Waals surface area contributed by atoms with Crippen molar-refractivity contribution in [2.45, 2.75) is 43.4 Å². The minimum atomic E-state index is -0.182. The van der Waals surface area contributed by atoms with E-state index in [1.807, 2.05) is 35.4 Å². The van der Waals surface area contributed by atoms with Gasteiger partial charge >= 0.3 is 0 Å². The second kappa shape index (κ2) is 13.9. The molecule has 0 atom stereocenters. The Morgan fingerprint density at radius 2 is 1.91 bits per heavy atom. The minimum Gasteiger partial charge on any atom is -0.412 e. The molecular formula is C25H31N3O3S2. The number of nitrogens with zero attached hydrogens (tertiary/aromatic N) is 2. The van der Waals surface area contributed by atoms with E-state index in [2.05, 4.69) is 39.6 Å². The summed E-state index contributed by atoms with van der Waals surface area (Å²) in [6.07, 6.45) is 15.3. The summed E-state index contributed by atoms with van der Waals surface area (Å²) in [5, 5.41) is 5.33. The van der Waals surface area contributed by atoms with Gasteiger partial charge < -0.3 is 11.0 Å². The Balaban J connectivity index is 0.00000193. The van der Waals surface area contributed by atoms with Crippen LogP contribution in [0.4, 0.5) is 5.13 Å². The Labute approximate surface area is 203 Å². The molecule has 3 aromatic rings. The summed E-state index contributed by atoms with van der Waals surface area (Å²) in [6, 6.07) is 12.2. The highest BCUT2D eigenvalue weighted by Crippen LogP contribution is 2.29. The average molecular weight is 486 g/mol. The molecule has 6 nitrogen and oxygen atoms in total. The van der Waals surface area contributed by atoms with E-state index in [1.165, 1.54) is 60.5 Å². The van der Waals surface area contributed by atoms with E-state index in [-0.39, 0.29) is 16.9 Å². The highest BCUT2D eigenvalue weighted by atomic mass is 32.2. The van der Waals surface area contributed by atoms with Crippen LogP contribution in [-0.4, -0.2) is 32.6 Å². The van der Waals surface area contributed by atoms with Crippen LogP contribution in [0.1, 0.15) is 44.1 Å². The smallest absolute Gasteiger partial charge is 0.250 e. The quantitative estimate of drug-likeness (QED) is 0.345. The molecule has 1 aliphatic rings. The summed E-state index contributed by atoms with van der Waals surface area (Å²) in [6.45, 7) is 0. The number of amides is 1. The van der Waals surface area contributed by atoms with Crippen molar-refractivity contribution < 1.29 is 15.7 Å². The SMILES string of the molecule is O.O.O=C(/C=C/c1ccc(SCCC2CCCCC2)cc1)Nc1nc(-c2cccnc2)cs1. The maximum atomic E-state index is 12.2. The average Bonchev–Trinajstić information content (AvgIpc) is 3.28. The number of benzene rings is 1. The Hall–Kier alpha value is -2.52. The number of carbonyl (C=O) groups excluding carboxylic acids is 1. The van der Waals surface area contributed by atoms with Crippen LogP contribution in [0.5, 0.6) is 0 Å². The van der Waals surface area contributed by atoms with Gasteiger partial charge in [0.05, 0.1) is 5.69 Å². The van der Waals surface area contributed by atoms with Crippen LogP contribution in [0, 0.1) is 5.92 Å². The highest BCUT2D eigenvalue weighted by Gasteiger charge is 2.12. The molecule has 176 valence electrons. The third-order valence-corrected chi connectivity index (χ3v) is 7.32. The first-order chi connectivity index (χ1) is 15.3. The van der Waals surface area contributed by atoms with Crippen LogP contribution < -0.4 is 5.32 Å². The third-order valence-electron chi connectivity index (χ3n) is 5.52. The predicted octanol–water partition coefficient (Wildman–Crippen LogP) is 5.27. The molecule has 1 saturated carbocycles. The maximum Gasteiger partial charge on any atom is 0.250 e. The van der Waals surface area contributed by atoms with E-state index >= 15 is 0 Å². The van der Waals surface area contributed by atoms with E-state index in [4.69, 9.17) is 0 Å². The van der Waals surface area contributed by atoms with Crippen molar-refractivity contribution in [2.24, 2.45) is 5.92 Å². The Kier molecular flexibility index (Phi) is 11.3. The summed E-state index contributed by atoms with van der Waals surface area (Å²) in [5.41, 5.74) is 2.77. The van der Waals surface area contributed by atoms with Gasteiger partial charge in [0.1, 0.15) is 0 Å². The van der Waals surface area contributed by atoms with Gasteiger partial charge in [-0.25, -0.2) is 4.98 Å². The number of hydrogen-bond donors (Lipinski definition) is 1. The number of thiazole rings is 1. The van der Waals surface area contributed by atoms with Crippen molar-refractivity contribution in [3.8, 4) is 11.3 Å². The first-order valence-corrected chi connectivity index (χ1v) is 12.7. The zero-order valence-electron chi connectivity index (χ0n) is 18.5. The third kappa shape index (κ3) is 8.40. The summed E-state index contributed by atoms with van der Waals surface area (Å²) >= 11 is 3.34. The zero-order valence-corrected chi connectivity index (χ0v) is 20.1. The van der Waals surface area contributed by atoms with Gasteiger partial charge in [0.2, 0.25) is 5.91 Å². The summed E-state index contributed by atoms with van der Waals surface area (Å²) in [5.74, 6) is 1.94. The summed E-state index contributed by atoms with van der Waals surface area (Å²) < 4.78 is 0. The molecule has 8 heteroatoms. The van der Waals surface area contributed by atoms with Crippen LogP contribution in [0.3, 0.4) is 0 Å². The van der Waals surface area contributed by atoms with Crippen LogP contribution >= 0.6 is 23.1 Å². The molecule has 1 fully saturated rings. The molecule has 33 heavy (non-hydrogen) atoms. The zero-order chi connectivity index (χ0) is 21.3. The number of carbonyl (C=O) groups is 1. The Morgan fingerprint density at radius 3 is 2.64 bits per heavy atom. The first kappa shape index (κ1) is 26.7. The number of rotatable bonds is 8. The molecule has 1 aromatic carbocycles. The van der Waals surface area contributed by atoms with E-state index in [0.29, 0.717) is 5.13 Å². The van der Waals surface area contributed by atoms with E-state index in [9.17, 15) is 4.79 Å². The minimum absolute atomic E-state index is 0. The van der Waals surface area contributed by atoms with Crippen molar-refractivity contribution in [1.29, 1.82) is 0 Å². The second-order valence-electron chi connectivity index (χ2n) is 7.81. The van der Waals surface area contributed by atoms with Crippen molar-refractivity contribution >= 4 is 40.2 Å². The van der Waals surface area contributed by atoms with E-state index < -0.39 is 0 Å². The van der Waals surface area contributed by atoms with Gasteiger partial charge in [-0.1, -0.05) is 44.2 Å². The number of nitrogens with one attached hydrogen (secondary N) is 1. The summed E-state index contributed by atoms with van der Waals surface area (Å²) in [7, 11) is 0. The molecule has 0 spiro atoms. The number of aromatic nitrogens is 2. The van der Waals surface area contributed by atoms with Crippen molar-refractivity contribution in [1.82, 2.24) is 9.97 Å². The molecule has 1 amide bonds. The molecule has 0 aliphatic heterocycles. The van der Waals surface area contributed by atoms with E-state index in [1.54, 1.807) is 18.5 Å². The van der Waals surface area contributed by atoms with Gasteiger partial charge in [0.25, 0.3) is 0 Å². The molecule has 4 rings (SSSR count). The van der Waals surface area contributed by atoms with Gasteiger partial charge in [-0.05, 0) is 54.0 Å². The van der Waals surface area contributed by atoms with Gasteiger partial charge in [-0.3, -0.25) is 15.1 Å². The topological polar surface area (TPSA) is 118 Å². The van der Waals surface area contributed by atoms with Gasteiger partial charge in [-0.2, -0.15) is 0 Å². The highest BCUT2D eigenvalue weighted by molar-refractivity contribution is 7.99.